The third kappa shape index (κ3) is 3.39. The fourth-order valence-electron chi connectivity index (χ4n) is 6.75. The molecule has 0 atom stereocenters. The average Bonchev–Trinajstić information content (AvgIpc) is 3.57. The molecule has 2 heterocycles. The van der Waals surface area contributed by atoms with Gasteiger partial charge >= 0.3 is 0 Å². The molecular formula is C40H26N2. The van der Waals surface area contributed by atoms with Crippen LogP contribution < -0.4 is 0 Å². The van der Waals surface area contributed by atoms with Crippen LogP contribution in [0.4, 0.5) is 0 Å². The second kappa shape index (κ2) is 8.95. The summed E-state index contributed by atoms with van der Waals surface area (Å²) in [5, 5.41) is 7.58. The molecule has 196 valence electrons. The Labute approximate surface area is 243 Å². The van der Waals surface area contributed by atoms with Crippen LogP contribution in [0.25, 0.3) is 76.9 Å². The Morgan fingerprint density at radius 1 is 0.286 bits per heavy atom. The minimum Gasteiger partial charge on any atom is -0.309 e. The number of hydrogen-bond acceptors (Lipinski definition) is 0. The van der Waals surface area contributed by atoms with E-state index < -0.39 is 0 Å². The molecule has 9 rings (SSSR count). The van der Waals surface area contributed by atoms with E-state index in [-0.39, 0.29) is 0 Å². The van der Waals surface area contributed by atoms with Crippen LogP contribution in [0, 0.1) is 0 Å². The van der Waals surface area contributed by atoms with Gasteiger partial charge in [-0.05, 0) is 76.5 Å². The van der Waals surface area contributed by atoms with Crippen LogP contribution in [-0.4, -0.2) is 9.13 Å². The van der Waals surface area contributed by atoms with Crippen LogP contribution in [-0.2, 0) is 0 Å². The third-order valence-corrected chi connectivity index (χ3v) is 8.69. The van der Waals surface area contributed by atoms with E-state index in [1.165, 1.54) is 76.9 Å². The lowest BCUT2D eigenvalue weighted by Gasteiger charge is -2.10. The van der Waals surface area contributed by atoms with Gasteiger partial charge in [0.1, 0.15) is 0 Å². The summed E-state index contributed by atoms with van der Waals surface area (Å²) in [6, 6.07) is 57.3. The van der Waals surface area contributed by atoms with Gasteiger partial charge in [-0.1, -0.05) is 103 Å². The summed E-state index contributed by atoms with van der Waals surface area (Å²) in [5.41, 5.74) is 9.68. The van der Waals surface area contributed by atoms with E-state index in [0.717, 1.165) is 0 Å². The summed E-state index contributed by atoms with van der Waals surface area (Å²) < 4.78 is 4.79. The highest BCUT2D eigenvalue weighted by molar-refractivity contribution is 6.12. The van der Waals surface area contributed by atoms with Crippen LogP contribution in [0.2, 0.25) is 0 Å². The Kier molecular flexibility index (Phi) is 4.93. The van der Waals surface area contributed by atoms with Crippen molar-refractivity contribution in [3.8, 4) is 22.5 Å². The largest absolute Gasteiger partial charge is 0.309 e. The molecule has 0 aliphatic heterocycles. The molecule has 9 aromatic rings. The fourth-order valence-corrected chi connectivity index (χ4v) is 6.75. The molecule has 0 saturated carbocycles. The van der Waals surface area contributed by atoms with Gasteiger partial charge in [-0.2, -0.15) is 0 Å². The van der Waals surface area contributed by atoms with E-state index >= 15 is 0 Å². The van der Waals surface area contributed by atoms with Crippen molar-refractivity contribution in [2.24, 2.45) is 0 Å². The number of fused-ring (bicyclic) bond motifs is 7. The molecule has 2 nitrogen and oxygen atoms in total. The molecule has 42 heavy (non-hydrogen) atoms. The van der Waals surface area contributed by atoms with Gasteiger partial charge in [0.2, 0.25) is 0 Å². The summed E-state index contributed by atoms with van der Waals surface area (Å²) >= 11 is 0. The maximum atomic E-state index is 2.40. The highest BCUT2D eigenvalue weighted by Crippen LogP contribution is 2.38. The van der Waals surface area contributed by atoms with Crippen molar-refractivity contribution < 1.29 is 0 Å². The first-order chi connectivity index (χ1) is 20.8. The Bertz CT molecular complexity index is 2460. The molecule has 0 fully saturated rings. The molecule has 0 unspecified atom stereocenters. The van der Waals surface area contributed by atoms with E-state index in [9.17, 15) is 0 Å². The summed E-state index contributed by atoms with van der Waals surface area (Å²) in [4.78, 5) is 0. The molecular weight excluding hydrogens is 508 g/mol. The molecule has 0 radical (unpaired) electrons. The summed E-state index contributed by atoms with van der Waals surface area (Å²) in [5.74, 6) is 0. The van der Waals surface area contributed by atoms with Crippen LogP contribution in [0.3, 0.4) is 0 Å². The summed E-state index contributed by atoms with van der Waals surface area (Å²) in [6.07, 6.45) is 0. The maximum Gasteiger partial charge on any atom is 0.0547 e. The van der Waals surface area contributed by atoms with E-state index in [0.29, 0.717) is 0 Å². The first-order valence-electron chi connectivity index (χ1n) is 14.4. The van der Waals surface area contributed by atoms with E-state index in [1.54, 1.807) is 0 Å². The van der Waals surface area contributed by atoms with Crippen molar-refractivity contribution in [3.63, 3.8) is 0 Å². The Balaban J connectivity index is 1.27. The predicted molar refractivity (Wildman–Crippen MR) is 178 cm³/mol. The second-order valence-electron chi connectivity index (χ2n) is 11.0. The molecule has 0 spiro atoms. The molecule has 0 bridgehead atoms. The van der Waals surface area contributed by atoms with Crippen molar-refractivity contribution in [2.45, 2.75) is 0 Å². The van der Waals surface area contributed by atoms with Gasteiger partial charge in [0.25, 0.3) is 0 Å². The zero-order valence-electron chi connectivity index (χ0n) is 22.9. The Morgan fingerprint density at radius 2 is 0.857 bits per heavy atom. The average molecular weight is 535 g/mol. The lowest BCUT2D eigenvalue weighted by atomic mass is 10.0. The lowest BCUT2D eigenvalue weighted by Crippen LogP contribution is -1.94. The molecule has 7 aromatic carbocycles. The molecule has 0 amide bonds. The van der Waals surface area contributed by atoms with Crippen LogP contribution in [0.5, 0.6) is 0 Å². The zero-order chi connectivity index (χ0) is 27.6. The van der Waals surface area contributed by atoms with Crippen molar-refractivity contribution in [3.05, 3.63) is 158 Å². The number of hydrogen-bond donors (Lipinski definition) is 0. The monoisotopic (exact) mass is 534 g/mol. The number of para-hydroxylation sites is 3. The van der Waals surface area contributed by atoms with Gasteiger partial charge in [-0.25, -0.2) is 0 Å². The molecule has 0 N–H and O–H groups in total. The number of benzene rings is 7. The highest BCUT2D eigenvalue weighted by Gasteiger charge is 2.16. The van der Waals surface area contributed by atoms with Gasteiger partial charge in [-0.15, -0.1) is 0 Å². The molecule has 2 aromatic heterocycles. The Hall–Kier alpha value is -5.60. The lowest BCUT2D eigenvalue weighted by molar-refractivity contribution is 1.18. The molecule has 0 aliphatic carbocycles. The third-order valence-electron chi connectivity index (χ3n) is 8.69. The smallest absolute Gasteiger partial charge is 0.0547 e. The normalized spacial score (nSPS) is 11.8. The molecule has 0 saturated heterocycles. The van der Waals surface area contributed by atoms with Crippen LogP contribution in [0.15, 0.2) is 158 Å². The standard InChI is InChI=1S/C40H26N2/c1-2-12-31(13-3-1)41-37-16-8-6-14-33(37)35-22-19-30(26-40(35)41)29-20-23-39-36(25-29)34-15-7-9-17-38(34)42(39)32-21-18-27-10-4-5-11-28(27)24-32/h1-26H. The SMILES string of the molecule is c1ccc(-n2c3ccccc3c3ccc(-c4ccc5c(c4)c4ccccc4n5-c4ccc5ccccc5c4)cc32)cc1. The van der Waals surface area contributed by atoms with Gasteiger partial charge < -0.3 is 9.13 Å². The topological polar surface area (TPSA) is 9.86 Å². The van der Waals surface area contributed by atoms with Crippen molar-refractivity contribution >= 4 is 54.4 Å². The molecule has 0 aliphatic rings. The summed E-state index contributed by atoms with van der Waals surface area (Å²) in [6.45, 7) is 0. The first kappa shape index (κ1) is 23.1. The predicted octanol–water partition coefficient (Wildman–Crippen LogP) is 10.7. The van der Waals surface area contributed by atoms with Gasteiger partial charge in [0.15, 0.2) is 0 Å². The number of nitrogens with zero attached hydrogens (tertiary/aromatic N) is 2. The van der Waals surface area contributed by atoms with Crippen LogP contribution in [0.1, 0.15) is 0 Å². The minimum atomic E-state index is 1.18. The van der Waals surface area contributed by atoms with Crippen molar-refractivity contribution in [1.29, 1.82) is 0 Å². The highest BCUT2D eigenvalue weighted by atomic mass is 15.0. The van der Waals surface area contributed by atoms with E-state index in [2.05, 4.69) is 167 Å². The van der Waals surface area contributed by atoms with E-state index in [1.807, 2.05) is 0 Å². The first-order valence-corrected chi connectivity index (χ1v) is 14.4. The summed E-state index contributed by atoms with van der Waals surface area (Å²) in [7, 11) is 0. The maximum absolute atomic E-state index is 2.40. The van der Waals surface area contributed by atoms with Gasteiger partial charge in [0, 0.05) is 32.9 Å². The number of rotatable bonds is 3. The van der Waals surface area contributed by atoms with Gasteiger partial charge in [-0.3, -0.25) is 0 Å². The quantitative estimate of drug-likeness (QED) is 0.213. The second-order valence-corrected chi connectivity index (χ2v) is 11.0. The van der Waals surface area contributed by atoms with Gasteiger partial charge in [0.05, 0.1) is 22.1 Å². The van der Waals surface area contributed by atoms with Crippen molar-refractivity contribution in [1.82, 2.24) is 9.13 Å². The Morgan fingerprint density at radius 3 is 1.67 bits per heavy atom. The van der Waals surface area contributed by atoms with E-state index in [4.69, 9.17) is 0 Å². The minimum absolute atomic E-state index is 1.18. The van der Waals surface area contributed by atoms with Crippen molar-refractivity contribution in [2.75, 3.05) is 0 Å². The zero-order valence-corrected chi connectivity index (χ0v) is 22.9. The van der Waals surface area contributed by atoms with Crippen LogP contribution >= 0.6 is 0 Å². The molecule has 2 heteroatoms. The number of aromatic nitrogens is 2. The fraction of sp³-hybridized carbons (Fsp3) is 0.